The predicted octanol–water partition coefficient (Wildman–Crippen LogP) is 4.78. The molecule has 34 heavy (non-hydrogen) atoms. The van der Waals surface area contributed by atoms with E-state index in [0.29, 0.717) is 30.2 Å². The maximum absolute atomic E-state index is 12.8. The van der Waals surface area contributed by atoms with Gasteiger partial charge in [0.1, 0.15) is 0 Å². The Morgan fingerprint density at radius 3 is 2.41 bits per heavy atom. The van der Waals surface area contributed by atoms with Gasteiger partial charge in [-0.3, -0.25) is 9.48 Å². The lowest BCUT2D eigenvalue weighted by Gasteiger charge is -2.09. The maximum atomic E-state index is 12.8. The third-order valence-electron chi connectivity index (χ3n) is 4.83. The van der Waals surface area contributed by atoms with Crippen molar-refractivity contribution in [1.29, 1.82) is 0 Å². The van der Waals surface area contributed by atoms with Gasteiger partial charge in [-0.15, -0.1) is 5.10 Å². The molecule has 1 N–H and O–H groups in total. The number of halogens is 3. The fourth-order valence-electron chi connectivity index (χ4n) is 2.97. The van der Waals surface area contributed by atoms with Gasteiger partial charge in [0.05, 0.1) is 30.2 Å². The number of sulfonamides is 1. The lowest BCUT2D eigenvalue weighted by Crippen LogP contribution is -2.31. The lowest BCUT2D eigenvalue weighted by molar-refractivity contribution is -0.137. The third kappa shape index (κ3) is 9.20. The summed E-state index contributed by atoms with van der Waals surface area (Å²) in [6.45, 7) is 4.52. The normalized spacial score (nSPS) is 12.3. The van der Waals surface area contributed by atoms with Crippen LogP contribution in [0.15, 0.2) is 36.4 Å². The van der Waals surface area contributed by atoms with Crippen LogP contribution in [0.3, 0.4) is 0 Å². The molecular weight excluding hydrogens is 471 g/mol. The van der Waals surface area contributed by atoms with Gasteiger partial charge < -0.3 is 4.74 Å². The van der Waals surface area contributed by atoms with Gasteiger partial charge in [0.15, 0.2) is 0 Å². The van der Waals surface area contributed by atoms with Gasteiger partial charge in [-0.2, -0.15) is 13.2 Å². The Morgan fingerprint density at radius 1 is 1.12 bits per heavy atom. The minimum absolute atomic E-state index is 0.131. The molecule has 0 spiro atoms. The van der Waals surface area contributed by atoms with Crippen LogP contribution in [0, 0.1) is 0 Å². The molecule has 2 rings (SSSR count). The number of carbonyl (C=O) groups excluding carboxylic acids is 1. The number of rotatable bonds is 13. The number of amides is 1. The minimum Gasteiger partial charge on any atom is -0.477 e. The van der Waals surface area contributed by atoms with Crippen molar-refractivity contribution >= 4 is 22.0 Å². The number of aromatic nitrogens is 2. The average Bonchev–Trinajstić information content (AvgIpc) is 3.13. The largest absolute Gasteiger partial charge is 0.477 e. The van der Waals surface area contributed by atoms with Crippen LogP contribution in [-0.4, -0.2) is 36.5 Å². The molecule has 0 unspecified atom stereocenters. The molecule has 0 saturated carbocycles. The van der Waals surface area contributed by atoms with Gasteiger partial charge >= 0.3 is 6.18 Å². The highest BCUT2D eigenvalue weighted by Crippen LogP contribution is 2.29. The van der Waals surface area contributed by atoms with Crippen molar-refractivity contribution in [1.82, 2.24) is 14.5 Å². The summed E-state index contributed by atoms with van der Waals surface area (Å²) < 4.78 is 71.5. The van der Waals surface area contributed by atoms with Crippen LogP contribution in [0.25, 0.3) is 6.08 Å². The molecule has 1 amide bonds. The van der Waals surface area contributed by atoms with Gasteiger partial charge in [-0.05, 0) is 36.6 Å². The van der Waals surface area contributed by atoms with E-state index in [0.717, 1.165) is 43.9 Å². The predicted molar refractivity (Wildman–Crippen MR) is 124 cm³/mol. The Morgan fingerprint density at radius 2 is 1.79 bits per heavy atom. The summed E-state index contributed by atoms with van der Waals surface area (Å²) in [5.74, 6) is -0.637. The maximum Gasteiger partial charge on any atom is 0.416 e. The van der Waals surface area contributed by atoms with E-state index in [1.54, 1.807) is 6.07 Å². The van der Waals surface area contributed by atoms with Crippen LogP contribution >= 0.6 is 0 Å². The summed E-state index contributed by atoms with van der Waals surface area (Å²) >= 11 is 0. The summed E-state index contributed by atoms with van der Waals surface area (Å²) in [5.41, 5.74) is 0.246. The Labute approximate surface area is 198 Å². The molecule has 2 aromatic rings. The van der Waals surface area contributed by atoms with Gasteiger partial charge in [0.25, 0.3) is 5.91 Å². The quantitative estimate of drug-likeness (QED) is 0.315. The van der Waals surface area contributed by atoms with Gasteiger partial charge in [0.2, 0.25) is 15.9 Å². The lowest BCUT2D eigenvalue weighted by atomic mass is 10.1. The molecular formula is C23H30F3N3O4S. The number of nitrogens with zero attached hydrogens (tertiary/aromatic N) is 2. The summed E-state index contributed by atoms with van der Waals surface area (Å²) in [6.07, 6.45) is 1.84. The molecule has 0 saturated heterocycles. The summed E-state index contributed by atoms with van der Waals surface area (Å²) in [7, 11) is -3.73. The van der Waals surface area contributed by atoms with E-state index >= 15 is 0 Å². The van der Waals surface area contributed by atoms with Crippen molar-refractivity contribution < 1.29 is 31.1 Å². The van der Waals surface area contributed by atoms with Crippen molar-refractivity contribution in [3.8, 4) is 5.88 Å². The second-order valence-corrected chi connectivity index (χ2v) is 9.63. The highest BCUT2D eigenvalue weighted by Gasteiger charge is 2.29. The van der Waals surface area contributed by atoms with Gasteiger partial charge in [-0.25, -0.2) is 13.1 Å². The number of hydrogen-bond donors (Lipinski definition) is 1. The number of carbonyl (C=O) groups is 1. The first kappa shape index (κ1) is 27.4. The van der Waals surface area contributed by atoms with Crippen molar-refractivity contribution in [2.24, 2.45) is 0 Å². The fraction of sp³-hybridized carbons (Fsp3) is 0.478. The molecule has 1 aromatic carbocycles. The molecule has 1 heterocycles. The number of benzene rings is 1. The molecule has 0 atom stereocenters. The highest BCUT2D eigenvalue weighted by molar-refractivity contribution is 7.90. The average molecular weight is 502 g/mol. The van der Waals surface area contributed by atoms with Crippen LogP contribution in [0.4, 0.5) is 13.2 Å². The number of nitrogens with one attached hydrogen (secondary N) is 1. The number of alkyl halides is 3. The Balaban J connectivity index is 2.17. The van der Waals surface area contributed by atoms with E-state index in [2.05, 4.69) is 5.10 Å². The molecule has 188 valence electrons. The number of hydrogen-bond acceptors (Lipinski definition) is 5. The van der Waals surface area contributed by atoms with Crippen LogP contribution in [0.1, 0.15) is 62.8 Å². The molecule has 7 nitrogen and oxygen atoms in total. The zero-order valence-electron chi connectivity index (χ0n) is 19.3. The van der Waals surface area contributed by atoms with Gasteiger partial charge in [0, 0.05) is 12.1 Å². The SMILES string of the molecule is CCCCCS(=O)(=O)NC(=O)C=Cc1cc(OCCCC)nn1Cc1ccc(C(F)(F)F)cc1. The molecule has 0 aliphatic heterocycles. The monoisotopic (exact) mass is 501 g/mol. The molecule has 0 bridgehead atoms. The van der Waals surface area contributed by atoms with E-state index in [9.17, 15) is 26.4 Å². The molecule has 11 heteroatoms. The molecule has 0 aliphatic rings. The van der Waals surface area contributed by atoms with Crippen LogP contribution in [0.2, 0.25) is 0 Å². The second-order valence-electron chi connectivity index (χ2n) is 7.79. The van der Waals surface area contributed by atoms with Crippen molar-refractivity contribution in [2.45, 2.75) is 58.7 Å². The third-order valence-corrected chi connectivity index (χ3v) is 6.17. The summed E-state index contributed by atoms with van der Waals surface area (Å²) in [5, 5.41) is 4.32. The smallest absolute Gasteiger partial charge is 0.416 e. The Hall–Kier alpha value is -2.82. The number of ether oxygens (including phenoxy) is 1. The van der Waals surface area contributed by atoms with E-state index in [-0.39, 0.29) is 12.3 Å². The molecule has 0 radical (unpaired) electrons. The van der Waals surface area contributed by atoms with Crippen molar-refractivity contribution in [2.75, 3.05) is 12.4 Å². The Kier molecular flexibility index (Phi) is 10.2. The molecule has 1 aromatic heterocycles. The van der Waals surface area contributed by atoms with Crippen LogP contribution < -0.4 is 9.46 Å². The summed E-state index contributed by atoms with van der Waals surface area (Å²) in [6, 6.07) is 6.27. The van der Waals surface area contributed by atoms with Crippen molar-refractivity contribution in [3.63, 3.8) is 0 Å². The zero-order chi connectivity index (χ0) is 25.2. The Bertz CT molecular complexity index is 1060. The van der Waals surface area contributed by atoms with Crippen LogP contribution in [-0.2, 0) is 27.5 Å². The molecule has 0 aliphatic carbocycles. The first-order valence-corrected chi connectivity index (χ1v) is 12.8. The van der Waals surface area contributed by atoms with E-state index < -0.39 is 27.7 Å². The fourth-order valence-corrected chi connectivity index (χ4v) is 4.03. The number of unbranched alkanes of at least 4 members (excludes halogenated alkanes) is 3. The van der Waals surface area contributed by atoms with E-state index in [1.807, 2.05) is 18.6 Å². The standard InChI is InChI=1S/C23H30F3N3O4S/c1-3-5-7-15-34(31,32)28-21(30)13-12-20-16-22(33-14-6-4-2)27-29(20)17-18-8-10-19(11-9-18)23(24,25)26/h8-13,16H,3-7,14-15,17H2,1-2H3,(H,28,30). The van der Waals surface area contributed by atoms with E-state index in [1.165, 1.54) is 22.9 Å². The van der Waals surface area contributed by atoms with Gasteiger partial charge in [-0.1, -0.05) is 45.2 Å². The van der Waals surface area contributed by atoms with E-state index in [4.69, 9.17) is 4.74 Å². The topological polar surface area (TPSA) is 90.3 Å². The van der Waals surface area contributed by atoms with Crippen molar-refractivity contribution in [3.05, 3.63) is 53.2 Å². The minimum atomic E-state index is -4.43. The second kappa shape index (κ2) is 12.6. The summed E-state index contributed by atoms with van der Waals surface area (Å²) in [4.78, 5) is 12.1. The first-order chi connectivity index (χ1) is 16.0. The first-order valence-electron chi connectivity index (χ1n) is 11.1. The molecule has 0 fully saturated rings. The highest BCUT2D eigenvalue weighted by atomic mass is 32.2. The zero-order valence-corrected chi connectivity index (χ0v) is 20.1. The van der Waals surface area contributed by atoms with Crippen LogP contribution in [0.5, 0.6) is 5.88 Å².